The lowest BCUT2D eigenvalue weighted by atomic mass is 10.0. The Labute approximate surface area is 155 Å². The number of aromatic nitrogens is 1. The molecule has 4 rings (SSSR count). The molecule has 1 saturated heterocycles. The molecule has 1 aliphatic carbocycles. The molecule has 0 spiro atoms. The number of carbonyl (C=O) groups excluding carboxylic acids is 2. The van der Waals surface area contributed by atoms with Crippen molar-refractivity contribution < 1.29 is 23.5 Å². The van der Waals surface area contributed by atoms with Gasteiger partial charge in [-0.15, -0.1) is 0 Å². The smallest absolute Gasteiger partial charge is 0.255 e. The van der Waals surface area contributed by atoms with Crippen LogP contribution in [0.3, 0.4) is 0 Å². The van der Waals surface area contributed by atoms with Crippen molar-refractivity contribution in [1.82, 2.24) is 10.3 Å². The molecular formula is C19H20FN3O4. The number of nitrogens with one attached hydrogen (secondary N) is 1. The Kier molecular flexibility index (Phi) is 4.33. The van der Waals surface area contributed by atoms with Gasteiger partial charge in [-0.2, -0.15) is 0 Å². The lowest BCUT2D eigenvalue weighted by Crippen LogP contribution is -2.34. The number of alkyl halides is 1. The molecule has 3 N–H and O–H groups in total. The summed E-state index contributed by atoms with van der Waals surface area (Å²) in [6.45, 7) is 1.75. The summed E-state index contributed by atoms with van der Waals surface area (Å²) in [4.78, 5) is 27.5. The Morgan fingerprint density at radius 2 is 2.19 bits per heavy atom. The molecule has 0 radical (unpaired) electrons. The van der Waals surface area contributed by atoms with Crippen LogP contribution in [0, 0.1) is 5.92 Å². The normalized spacial score (nSPS) is 24.7. The maximum absolute atomic E-state index is 13.7. The fraction of sp³-hybridized carbons (Fsp3) is 0.421. The molecule has 1 aliphatic heterocycles. The number of carbonyl (C=O) groups is 2. The number of fused-ring (bicyclic) bond motifs is 1. The molecule has 2 fully saturated rings. The summed E-state index contributed by atoms with van der Waals surface area (Å²) in [6.07, 6.45) is 2.00. The first kappa shape index (κ1) is 17.5. The molecule has 1 saturated carbocycles. The number of ether oxygens (including phenoxy) is 2. The van der Waals surface area contributed by atoms with Crippen LogP contribution >= 0.6 is 0 Å². The van der Waals surface area contributed by atoms with Gasteiger partial charge < -0.3 is 20.5 Å². The molecule has 142 valence electrons. The maximum atomic E-state index is 13.7. The Morgan fingerprint density at radius 1 is 1.41 bits per heavy atom. The van der Waals surface area contributed by atoms with Crippen LogP contribution in [0.1, 0.15) is 30.1 Å². The van der Waals surface area contributed by atoms with E-state index in [9.17, 15) is 14.0 Å². The van der Waals surface area contributed by atoms with Crippen LogP contribution in [-0.4, -0.2) is 41.7 Å². The van der Waals surface area contributed by atoms with Crippen molar-refractivity contribution >= 4 is 22.6 Å². The van der Waals surface area contributed by atoms with Gasteiger partial charge in [0.05, 0.1) is 17.7 Å². The number of hydrogen-bond donors (Lipinski definition) is 2. The summed E-state index contributed by atoms with van der Waals surface area (Å²) >= 11 is 0. The summed E-state index contributed by atoms with van der Waals surface area (Å²) in [5.41, 5.74) is 5.79. The largest absolute Gasteiger partial charge is 0.490 e. The summed E-state index contributed by atoms with van der Waals surface area (Å²) in [6, 6.07) is 4.66. The number of amides is 2. The molecule has 2 aliphatic rings. The van der Waals surface area contributed by atoms with E-state index in [4.69, 9.17) is 15.2 Å². The van der Waals surface area contributed by atoms with Crippen LogP contribution in [-0.2, 0) is 4.79 Å². The van der Waals surface area contributed by atoms with E-state index in [1.54, 1.807) is 31.3 Å². The third kappa shape index (κ3) is 3.39. The van der Waals surface area contributed by atoms with E-state index in [0.717, 1.165) is 18.2 Å². The van der Waals surface area contributed by atoms with Gasteiger partial charge in [-0.1, -0.05) is 6.92 Å². The van der Waals surface area contributed by atoms with Crippen LogP contribution in [0.5, 0.6) is 11.6 Å². The lowest BCUT2D eigenvalue weighted by molar-refractivity contribution is -0.123. The second-order valence-electron chi connectivity index (χ2n) is 7.05. The molecule has 0 bridgehead atoms. The quantitative estimate of drug-likeness (QED) is 0.803. The number of rotatable bonds is 6. The Balaban J connectivity index is 1.62. The van der Waals surface area contributed by atoms with E-state index in [1.165, 1.54) is 0 Å². The van der Waals surface area contributed by atoms with E-state index >= 15 is 0 Å². The molecule has 2 aromatic rings. The van der Waals surface area contributed by atoms with Crippen molar-refractivity contribution in [1.29, 1.82) is 0 Å². The lowest BCUT2D eigenvalue weighted by Gasteiger charge is -2.17. The highest BCUT2D eigenvalue weighted by Gasteiger charge is 2.40. The molecule has 2 amide bonds. The van der Waals surface area contributed by atoms with Crippen molar-refractivity contribution in [2.45, 2.75) is 38.1 Å². The third-order valence-corrected chi connectivity index (χ3v) is 4.99. The van der Waals surface area contributed by atoms with Gasteiger partial charge in [0.1, 0.15) is 12.4 Å². The predicted octanol–water partition coefficient (Wildman–Crippen LogP) is 1.73. The van der Waals surface area contributed by atoms with Gasteiger partial charge in [0.2, 0.25) is 5.88 Å². The second-order valence-corrected chi connectivity index (χ2v) is 7.05. The highest BCUT2D eigenvalue weighted by Crippen LogP contribution is 2.35. The molecule has 2 unspecified atom stereocenters. The Morgan fingerprint density at radius 3 is 2.81 bits per heavy atom. The minimum Gasteiger partial charge on any atom is -0.490 e. The second kappa shape index (κ2) is 6.68. The number of benzene rings is 1. The van der Waals surface area contributed by atoms with Gasteiger partial charge in [-0.25, -0.2) is 9.37 Å². The van der Waals surface area contributed by atoms with E-state index < -0.39 is 29.9 Å². The van der Waals surface area contributed by atoms with Crippen molar-refractivity contribution in [3.8, 4) is 11.6 Å². The molecule has 1 aromatic heterocycles. The van der Waals surface area contributed by atoms with Crippen LogP contribution < -0.4 is 20.5 Å². The fourth-order valence-corrected chi connectivity index (χ4v) is 3.14. The maximum Gasteiger partial charge on any atom is 0.255 e. The average Bonchev–Trinajstić information content (AvgIpc) is 3.43. The van der Waals surface area contributed by atoms with Crippen LogP contribution in [0.15, 0.2) is 24.4 Å². The Hall–Kier alpha value is -2.90. The van der Waals surface area contributed by atoms with Crippen LogP contribution in [0.25, 0.3) is 10.8 Å². The summed E-state index contributed by atoms with van der Waals surface area (Å²) in [5.74, 6) is -0.936. The number of nitrogens with two attached hydrogens (primary N) is 1. The molecule has 8 heteroatoms. The molecule has 1 aromatic carbocycles. The molecule has 3 atom stereocenters. The number of primary amides is 1. The SMILES string of the molecule is CC1C(COc2nccc3cc(C(N)=O)c(OC4CC4)cc23)NC(=O)[C@H]1F. The third-order valence-electron chi connectivity index (χ3n) is 4.99. The van der Waals surface area contributed by atoms with Gasteiger partial charge in [0, 0.05) is 17.5 Å². The topological polar surface area (TPSA) is 104 Å². The summed E-state index contributed by atoms with van der Waals surface area (Å²) in [5, 5.41) is 3.97. The van der Waals surface area contributed by atoms with E-state index in [1.807, 2.05) is 0 Å². The number of halogens is 1. The zero-order valence-corrected chi connectivity index (χ0v) is 14.8. The number of pyridine rings is 1. The summed E-state index contributed by atoms with van der Waals surface area (Å²) in [7, 11) is 0. The molecular weight excluding hydrogens is 353 g/mol. The highest BCUT2D eigenvalue weighted by molar-refractivity contribution is 6.01. The average molecular weight is 373 g/mol. The van der Waals surface area contributed by atoms with Gasteiger partial charge in [0.15, 0.2) is 6.17 Å². The zero-order chi connectivity index (χ0) is 19.1. The van der Waals surface area contributed by atoms with Gasteiger partial charge in [-0.05, 0) is 36.4 Å². The van der Waals surface area contributed by atoms with Crippen LogP contribution in [0.2, 0.25) is 0 Å². The first-order chi connectivity index (χ1) is 12.9. The van der Waals surface area contributed by atoms with E-state index in [2.05, 4.69) is 10.3 Å². The predicted molar refractivity (Wildman–Crippen MR) is 95.4 cm³/mol. The molecule has 2 heterocycles. The van der Waals surface area contributed by atoms with Gasteiger partial charge in [-0.3, -0.25) is 9.59 Å². The first-order valence-corrected chi connectivity index (χ1v) is 8.90. The molecule has 7 nitrogen and oxygen atoms in total. The molecule has 27 heavy (non-hydrogen) atoms. The zero-order valence-electron chi connectivity index (χ0n) is 14.8. The fourth-order valence-electron chi connectivity index (χ4n) is 3.14. The monoisotopic (exact) mass is 373 g/mol. The summed E-state index contributed by atoms with van der Waals surface area (Å²) < 4.78 is 25.3. The first-order valence-electron chi connectivity index (χ1n) is 8.90. The van der Waals surface area contributed by atoms with Crippen molar-refractivity contribution in [2.75, 3.05) is 6.61 Å². The van der Waals surface area contributed by atoms with Gasteiger partial charge in [0.25, 0.3) is 11.8 Å². The Bertz CT molecular complexity index is 915. The highest BCUT2D eigenvalue weighted by atomic mass is 19.1. The minimum absolute atomic E-state index is 0.0931. The van der Waals surface area contributed by atoms with Crippen molar-refractivity contribution in [3.63, 3.8) is 0 Å². The van der Waals surface area contributed by atoms with E-state index in [-0.39, 0.29) is 12.7 Å². The van der Waals surface area contributed by atoms with E-state index in [0.29, 0.717) is 22.6 Å². The van der Waals surface area contributed by atoms with Crippen molar-refractivity contribution in [3.05, 3.63) is 30.0 Å². The number of hydrogen-bond acceptors (Lipinski definition) is 5. The van der Waals surface area contributed by atoms with Crippen molar-refractivity contribution in [2.24, 2.45) is 11.7 Å². The number of nitrogens with zero attached hydrogens (tertiary/aromatic N) is 1. The van der Waals surface area contributed by atoms with Gasteiger partial charge >= 0.3 is 0 Å². The standard InChI is InChI=1S/C19H20FN3O4/c1-9-14(23-18(25)16(9)20)8-26-19-12-7-15(27-11-2-3-11)13(17(21)24)6-10(12)4-5-22-19/h4-7,9,11,14,16H,2-3,8H2,1H3,(H2,21,24)(H,23,25)/t9?,14?,16-/m0/s1. The minimum atomic E-state index is -1.53. The van der Waals surface area contributed by atoms with Crippen LogP contribution in [0.4, 0.5) is 4.39 Å².